The summed E-state index contributed by atoms with van der Waals surface area (Å²) in [5.74, 6) is -1.29. The Morgan fingerprint density at radius 1 is 1.35 bits per heavy atom. The topological polar surface area (TPSA) is 26.3 Å². The molecule has 5 heteroatoms. The summed E-state index contributed by atoms with van der Waals surface area (Å²) in [7, 11) is 1.45. The van der Waals surface area contributed by atoms with Crippen LogP contribution in [0.25, 0.3) is 0 Å². The molecule has 17 heavy (non-hydrogen) atoms. The van der Waals surface area contributed by atoms with E-state index in [1.807, 2.05) is 0 Å². The van der Waals surface area contributed by atoms with Gasteiger partial charge in [0.25, 0.3) is 5.78 Å². The summed E-state index contributed by atoms with van der Waals surface area (Å²) in [6.07, 6.45) is -4.34. The molecule has 0 fully saturated rings. The summed E-state index contributed by atoms with van der Waals surface area (Å²) in [6.45, 7) is 3.41. The number of hydrogen-bond acceptors (Lipinski definition) is 2. The molecule has 0 bridgehead atoms. The monoisotopic (exact) mass is 246 g/mol. The molecule has 2 nitrogen and oxygen atoms in total. The fraction of sp³-hybridized carbons (Fsp3) is 0.417. The molecule has 0 unspecified atom stereocenters. The second kappa shape index (κ2) is 4.77. The van der Waals surface area contributed by atoms with Gasteiger partial charge in [-0.15, -0.1) is 0 Å². The molecule has 0 saturated heterocycles. The van der Waals surface area contributed by atoms with Gasteiger partial charge in [0.05, 0.1) is 7.11 Å². The van der Waals surface area contributed by atoms with Gasteiger partial charge in [0.1, 0.15) is 5.75 Å². The molecule has 0 radical (unpaired) electrons. The normalized spacial score (nSPS) is 11.4. The van der Waals surface area contributed by atoms with Crippen molar-refractivity contribution in [3.8, 4) is 5.75 Å². The molecule has 94 valence electrons. The highest BCUT2D eigenvalue weighted by Crippen LogP contribution is 2.29. The number of ketones is 1. The minimum Gasteiger partial charge on any atom is -0.496 e. The van der Waals surface area contributed by atoms with Crippen LogP contribution in [0.1, 0.15) is 28.4 Å². The van der Waals surface area contributed by atoms with Gasteiger partial charge in [-0.25, -0.2) is 0 Å². The van der Waals surface area contributed by atoms with Crippen molar-refractivity contribution in [2.24, 2.45) is 0 Å². The molecule has 1 aromatic carbocycles. The maximum Gasteiger partial charge on any atom is 0.454 e. The Bertz CT molecular complexity index is 436. The average Bonchev–Trinajstić information content (AvgIpc) is 2.25. The lowest BCUT2D eigenvalue weighted by molar-refractivity contribution is -0.0885. The van der Waals surface area contributed by atoms with Crippen LogP contribution in [-0.4, -0.2) is 19.1 Å². The summed E-state index contributed by atoms with van der Waals surface area (Å²) in [5, 5.41) is 0. The largest absolute Gasteiger partial charge is 0.496 e. The number of rotatable bonds is 3. The summed E-state index contributed by atoms with van der Waals surface area (Å²) in [5.41, 5.74) is 0.784. The van der Waals surface area contributed by atoms with Crippen LogP contribution >= 0.6 is 0 Å². The number of aryl methyl sites for hydroxylation is 2. The molecular formula is C12H13F3O2. The minimum absolute atomic E-state index is 0.340. The molecule has 0 atom stereocenters. The third kappa shape index (κ3) is 2.78. The molecular weight excluding hydrogens is 233 g/mol. The van der Waals surface area contributed by atoms with Crippen molar-refractivity contribution in [2.45, 2.75) is 26.4 Å². The fourth-order valence-electron chi connectivity index (χ4n) is 1.70. The highest BCUT2D eigenvalue weighted by Gasteiger charge is 2.39. The first kappa shape index (κ1) is 13.5. The molecule has 0 N–H and O–H groups in total. The predicted molar refractivity (Wildman–Crippen MR) is 57.5 cm³/mol. The van der Waals surface area contributed by atoms with E-state index in [0.29, 0.717) is 23.3 Å². The number of carbonyl (C=O) groups excluding carboxylic acids is 1. The number of benzene rings is 1. The van der Waals surface area contributed by atoms with Gasteiger partial charge in [-0.2, -0.15) is 13.2 Å². The number of halogens is 3. The molecule has 0 spiro atoms. The van der Waals surface area contributed by atoms with Gasteiger partial charge in [0.2, 0.25) is 0 Å². The maximum atomic E-state index is 12.3. The van der Waals surface area contributed by atoms with Crippen molar-refractivity contribution in [1.29, 1.82) is 0 Å². The zero-order valence-electron chi connectivity index (χ0n) is 9.81. The lowest BCUT2D eigenvalue weighted by atomic mass is 10.0. The highest BCUT2D eigenvalue weighted by atomic mass is 19.4. The van der Waals surface area contributed by atoms with Crippen molar-refractivity contribution in [1.82, 2.24) is 0 Å². The van der Waals surface area contributed by atoms with E-state index in [1.165, 1.54) is 19.2 Å². The van der Waals surface area contributed by atoms with Crippen LogP contribution in [0.5, 0.6) is 5.75 Å². The van der Waals surface area contributed by atoms with Crippen LogP contribution in [0.4, 0.5) is 13.2 Å². The summed E-state index contributed by atoms with van der Waals surface area (Å²) in [6, 6.07) is 2.44. The second-order valence-electron chi connectivity index (χ2n) is 3.67. The molecule has 0 amide bonds. The zero-order valence-corrected chi connectivity index (χ0v) is 9.81. The number of ether oxygens (including phenoxy) is 1. The van der Waals surface area contributed by atoms with E-state index in [2.05, 4.69) is 0 Å². The first-order chi connectivity index (χ1) is 7.81. The van der Waals surface area contributed by atoms with E-state index in [4.69, 9.17) is 4.74 Å². The number of methoxy groups -OCH3 is 1. The lowest BCUT2D eigenvalue weighted by Crippen LogP contribution is -2.23. The van der Waals surface area contributed by atoms with Crippen LogP contribution in [-0.2, 0) is 6.42 Å². The van der Waals surface area contributed by atoms with Crippen molar-refractivity contribution in [3.63, 3.8) is 0 Å². The first-order valence-corrected chi connectivity index (χ1v) is 5.10. The van der Waals surface area contributed by atoms with Crippen LogP contribution in [0.2, 0.25) is 0 Å². The summed E-state index contributed by atoms with van der Waals surface area (Å²) in [4.78, 5) is 11.1. The fourth-order valence-corrected chi connectivity index (χ4v) is 1.70. The van der Waals surface area contributed by atoms with Gasteiger partial charge in [0, 0.05) is 5.56 Å². The molecule has 0 aromatic heterocycles. The van der Waals surface area contributed by atoms with Crippen LogP contribution in [0, 0.1) is 6.92 Å². The molecule has 0 heterocycles. The summed E-state index contributed by atoms with van der Waals surface area (Å²) >= 11 is 0. The van der Waals surface area contributed by atoms with E-state index in [1.54, 1.807) is 13.8 Å². The zero-order chi connectivity index (χ0) is 13.2. The van der Waals surface area contributed by atoms with E-state index in [0.717, 1.165) is 0 Å². The van der Waals surface area contributed by atoms with Gasteiger partial charge in [-0.05, 0) is 36.6 Å². The van der Waals surface area contributed by atoms with E-state index in [9.17, 15) is 18.0 Å². The lowest BCUT2D eigenvalue weighted by Gasteiger charge is -2.13. The van der Waals surface area contributed by atoms with Crippen LogP contribution in [0.3, 0.4) is 0 Å². The number of hydrogen-bond donors (Lipinski definition) is 0. The van der Waals surface area contributed by atoms with Gasteiger partial charge in [-0.1, -0.05) is 6.92 Å². The standard InChI is InChI=1S/C12H13F3O2/c1-4-8-6-9(11(16)12(13,14)15)5-7(2)10(8)17-3/h5-6H,4H2,1-3H3. The Balaban J connectivity index is 3.30. The van der Waals surface area contributed by atoms with Gasteiger partial charge in [-0.3, -0.25) is 4.79 Å². The number of alkyl halides is 3. The van der Waals surface area contributed by atoms with Gasteiger partial charge in [0.15, 0.2) is 0 Å². The van der Waals surface area contributed by atoms with E-state index in [-0.39, 0.29) is 5.56 Å². The average molecular weight is 246 g/mol. The van der Waals surface area contributed by atoms with Crippen molar-refractivity contribution in [2.75, 3.05) is 7.11 Å². The molecule has 0 saturated carbocycles. The number of Topliss-reactive ketones (excluding diaryl/α,β-unsaturated/α-hetero) is 1. The van der Waals surface area contributed by atoms with Crippen molar-refractivity contribution < 1.29 is 22.7 Å². The molecule has 0 aliphatic heterocycles. The first-order valence-electron chi connectivity index (χ1n) is 5.10. The van der Waals surface area contributed by atoms with E-state index < -0.39 is 12.0 Å². The molecule has 0 aliphatic carbocycles. The Kier molecular flexibility index (Phi) is 3.80. The Hall–Kier alpha value is -1.52. The van der Waals surface area contributed by atoms with Crippen LogP contribution in [0.15, 0.2) is 12.1 Å². The quantitative estimate of drug-likeness (QED) is 0.765. The Morgan fingerprint density at radius 3 is 2.35 bits per heavy atom. The SMILES string of the molecule is CCc1cc(C(=O)C(F)(F)F)cc(C)c1OC. The van der Waals surface area contributed by atoms with Gasteiger partial charge < -0.3 is 4.74 Å². The van der Waals surface area contributed by atoms with Crippen molar-refractivity contribution in [3.05, 3.63) is 28.8 Å². The third-order valence-electron chi connectivity index (χ3n) is 2.46. The maximum absolute atomic E-state index is 12.3. The molecule has 1 rings (SSSR count). The predicted octanol–water partition coefficient (Wildman–Crippen LogP) is 3.31. The van der Waals surface area contributed by atoms with Gasteiger partial charge >= 0.3 is 6.18 Å². The Labute approximate surface area is 97.4 Å². The smallest absolute Gasteiger partial charge is 0.454 e. The Morgan fingerprint density at radius 2 is 1.94 bits per heavy atom. The summed E-state index contributed by atoms with van der Waals surface area (Å²) < 4.78 is 42.0. The van der Waals surface area contributed by atoms with Crippen LogP contribution < -0.4 is 4.74 Å². The molecule has 0 aliphatic rings. The highest BCUT2D eigenvalue weighted by molar-refractivity contribution is 6.00. The minimum atomic E-state index is -4.84. The number of carbonyl (C=O) groups is 1. The third-order valence-corrected chi connectivity index (χ3v) is 2.46. The second-order valence-corrected chi connectivity index (χ2v) is 3.67. The molecule has 1 aromatic rings. The van der Waals surface area contributed by atoms with E-state index >= 15 is 0 Å². The van der Waals surface area contributed by atoms with Crippen molar-refractivity contribution >= 4 is 5.78 Å².